The second-order valence-corrected chi connectivity index (χ2v) is 7.34. The van der Waals surface area contributed by atoms with Gasteiger partial charge in [-0.25, -0.2) is 13.6 Å². The van der Waals surface area contributed by atoms with Crippen molar-refractivity contribution in [1.29, 1.82) is 0 Å². The van der Waals surface area contributed by atoms with E-state index in [0.29, 0.717) is 18.5 Å². The highest BCUT2D eigenvalue weighted by atomic mass is 19.1. The first-order valence-corrected chi connectivity index (χ1v) is 9.38. The first kappa shape index (κ1) is 20.3. The number of fused-ring (bicyclic) bond motifs is 1. The van der Waals surface area contributed by atoms with Crippen LogP contribution in [0.15, 0.2) is 24.3 Å². The summed E-state index contributed by atoms with van der Waals surface area (Å²) in [6, 6.07) is 5.37. The zero-order valence-electron chi connectivity index (χ0n) is 16.5. The number of nitrogens with zero attached hydrogens (tertiary/aromatic N) is 2. The van der Waals surface area contributed by atoms with Gasteiger partial charge in [-0.05, 0) is 55.9 Å². The number of benzene rings is 1. The summed E-state index contributed by atoms with van der Waals surface area (Å²) in [7, 11) is 1.32. The highest BCUT2D eigenvalue weighted by Crippen LogP contribution is 2.44. The van der Waals surface area contributed by atoms with Gasteiger partial charge in [0.05, 0.1) is 24.1 Å². The summed E-state index contributed by atoms with van der Waals surface area (Å²) in [5, 5.41) is 8.38. The first-order chi connectivity index (χ1) is 13.3. The van der Waals surface area contributed by atoms with E-state index in [1.54, 1.807) is 6.07 Å². The van der Waals surface area contributed by atoms with E-state index in [9.17, 15) is 13.6 Å². The van der Waals surface area contributed by atoms with Crippen molar-refractivity contribution in [3.05, 3.63) is 47.2 Å². The van der Waals surface area contributed by atoms with Crippen LogP contribution in [0.1, 0.15) is 57.2 Å². The van der Waals surface area contributed by atoms with Crippen LogP contribution in [0.3, 0.4) is 0 Å². The second-order valence-electron chi connectivity index (χ2n) is 7.34. The number of ether oxygens (including phenoxy) is 2. The van der Waals surface area contributed by atoms with Crippen LogP contribution in [0.25, 0.3) is 11.3 Å². The molecule has 0 saturated heterocycles. The van der Waals surface area contributed by atoms with Gasteiger partial charge in [0.25, 0.3) is 0 Å². The number of carbonyl (C=O) groups is 1. The van der Waals surface area contributed by atoms with Crippen LogP contribution in [-0.4, -0.2) is 29.4 Å². The van der Waals surface area contributed by atoms with E-state index in [0.717, 1.165) is 12.0 Å². The number of methoxy groups -OCH3 is 1. The van der Waals surface area contributed by atoms with Gasteiger partial charge < -0.3 is 9.47 Å². The molecule has 0 spiro atoms. The van der Waals surface area contributed by atoms with Crippen molar-refractivity contribution in [3.63, 3.8) is 0 Å². The van der Waals surface area contributed by atoms with Crippen molar-refractivity contribution in [1.82, 2.24) is 10.2 Å². The van der Waals surface area contributed by atoms with Crippen LogP contribution in [0.2, 0.25) is 0 Å². The summed E-state index contributed by atoms with van der Waals surface area (Å²) in [6.45, 7) is 5.73. The number of carbonyl (C=O) groups excluding carboxylic acids is 1. The maximum atomic E-state index is 14.2. The highest BCUT2D eigenvalue weighted by molar-refractivity contribution is 5.74. The van der Waals surface area contributed by atoms with E-state index in [2.05, 4.69) is 10.2 Å². The highest BCUT2D eigenvalue weighted by Gasteiger charge is 2.41. The number of aromatic nitrogens is 2. The molecule has 0 unspecified atom stereocenters. The maximum absolute atomic E-state index is 14.2. The van der Waals surface area contributed by atoms with Crippen molar-refractivity contribution in [2.45, 2.75) is 57.7 Å². The summed E-state index contributed by atoms with van der Waals surface area (Å²) >= 11 is 0. The Hall–Kier alpha value is -2.41. The zero-order chi connectivity index (χ0) is 20.5. The third kappa shape index (κ3) is 3.63. The minimum Gasteiger partial charge on any atom is -0.467 e. The molecule has 1 aromatic carbocycles. The second kappa shape index (κ2) is 7.91. The van der Waals surface area contributed by atoms with Crippen molar-refractivity contribution in [2.24, 2.45) is 0 Å². The van der Waals surface area contributed by atoms with E-state index < -0.39 is 29.3 Å². The monoisotopic (exact) mass is 390 g/mol. The fraction of sp³-hybridized carbons (Fsp3) is 0.476. The molecule has 0 fully saturated rings. The molecule has 28 heavy (non-hydrogen) atoms. The number of hydrogen-bond donors (Lipinski definition) is 0. The average Bonchev–Trinajstić information content (AvgIpc) is 2.68. The summed E-state index contributed by atoms with van der Waals surface area (Å²) in [4.78, 5) is 12.0. The Bertz CT molecular complexity index is 870. The molecule has 1 aliphatic carbocycles. The number of halogens is 2. The van der Waals surface area contributed by atoms with Gasteiger partial charge in [-0.15, -0.1) is 5.10 Å². The van der Waals surface area contributed by atoms with Crippen LogP contribution < -0.4 is 0 Å². The smallest absolute Gasteiger partial charge is 0.335 e. The summed E-state index contributed by atoms with van der Waals surface area (Å²) in [5.74, 6) is -1.70. The molecule has 1 aromatic heterocycles. The lowest BCUT2D eigenvalue weighted by Crippen LogP contribution is -2.40. The molecule has 1 heterocycles. The maximum Gasteiger partial charge on any atom is 0.335 e. The fourth-order valence-corrected chi connectivity index (χ4v) is 3.68. The summed E-state index contributed by atoms with van der Waals surface area (Å²) in [5.41, 5.74) is 0.524. The van der Waals surface area contributed by atoms with E-state index >= 15 is 0 Å². The van der Waals surface area contributed by atoms with Gasteiger partial charge in [0.1, 0.15) is 17.2 Å². The Morgan fingerprint density at radius 3 is 2.61 bits per heavy atom. The van der Waals surface area contributed by atoms with Gasteiger partial charge in [-0.1, -0.05) is 19.9 Å². The summed E-state index contributed by atoms with van der Waals surface area (Å²) in [6.07, 6.45) is 1.17. The zero-order valence-corrected chi connectivity index (χ0v) is 16.5. The lowest BCUT2D eigenvalue weighted by molar-refractivity contribution is -0.170. The molecule has 3 rings (SSSR count). The molecule has 0 saturated carbocycles. The number of rotatable bonds is 5. The molecule has 3 atom stereocenters. The molecule has 7 heteroatoms. The van der Waals surface area contributed by atoms with Crippen molar-refractivity contribution in [3.8, 4) is 11.3 Å². The molecule has 0 bridgehead atoms. The van der Waals surface area contributed by atoms with Gasteiger partial charge in [-0.2, -0.15) is 5.10 Å². The molecule has 5 nitrogen and oxygen atoms in total. The minimum atomic E-state index is -0.837. The lowest BCUT2D eigenvalue weighted by atomic mass is 9.78. The van der Waals surface area contributed by atoms with E-state index in [-0.39, 0.29) is 17.2 Å². The van der Waals surface area contributed by atoms with Crippen LogP contribution in [0, 0.1) is 11.6 Å². The molecule has 2 aromatic rings. The Morgan fingerprint density at radius 2 is 2.00 bits per heavy atom. The normalized spacial score (nSPS) is 22.4. The van der Waals surface area contributed by atoms with Crippen molar-refractivity contribution >= 4 is 5.97 Å². The third-order valence-electron chi connectivity index (χ3n) is 5.37. The molecule has 150 valence electrons. The Kier molecular flexibility index (Phi) is 5.74. The van der Waals surface area contributed by atoms with Gasteiger partial charge in [0, 0.05) is 0 Å². The Labute approximate surface area is 163 Å². The molecule has 1 aliphatic rings. The summed E-state index contributed by atoms with van der Waals surface area (Å²) < 4.78 is 39.3. The molecule has 0 radical (unpaired) electrons. The topological polar surface area (TPSA) is 61.3 Å². The van der Waals surface area contributed by atoms with Crippen LogP contribution in [-0.2, 0) is 19.9 Å². The predicted molar refractivity (Wildman–Crippen MR) is 99.6 cm³/mol. The fourth-order valence-electron chi connectivity index (χ4n) is 3.68. The van der Waals surface area contributed by atoms with Crippen LogP contribution in [0.4, 0.5) is 8.78 Å². The average molecular weight is 390 g/mol. The molecule has 0 N–H and O–H groups in total. The Balaban J connectivity index is 2.04. The minimum absolute atomic E-state index is 0.119. The van der Waals surface area contributed by atoms with Crippen LogP contribution >= 0.6 is 0 Å². The van der Waals surface area contributed by atoms with E-state index in [1.807, 2.05) is 20.8 Å². The van der Waals surface area contributed by atoms with Gasteiger partial charge in [-0.3, -0.25) is 0 Å². The van der Waals surface area contributed by atoms with Crippen molar-refractivity contribution < 1.29 is 23.0 Å². The van der Waals surface area contributed by atoms with Crippen molar-refractivity contribution in [2.75, 3.05) is 7.11 Å². The lowest BCUT2D eigenvalue weighted by Gasteiger charge is -2.38. The third-order valence-corrected chi connectivity index (χ3v) is 5.37. The quantitative estimate of drug-likeness (QED) is 0.704. The molecular weight excluding hydrogens is 366 g/mol. The van der Waals surface area contributed by atoms with Gasteiger partial charge >= 0.3 is 5.97 Å². The van der Waals surface area contributed by atoms with E-state index in [4.69, 9.17) is 9.47 Å². The Morgan fingerprint density at radius 1 is 1.32 bits per heavy atom. The number of esters is 1. The van der Waals surface area contributed by atoms with Gasteiger partial charge in [0.2, 0.25) is 0 Å². The molecule has 0 amide bonds. The van der Waals surface area contributed by atoms with Crippen LogP contribution in [0.5, 0.6) is 0 Å². The predicted octanol–water partition coefficient (Wildman–Crippen LogP) is 4.50. The standard InChI is InChI=1S/C21H24F2N2O3/c1-5-17(20(26)27-4)28-21(3)10-9-12(2)13-11-16(24-25-19(13)21)18-14(22)7-6-8-15(18)23/h6-8,11-12,17H,5,9-10H2,1-4H3/t12-,17-,21-/m0/s1. The van der Waals surface area contributed by atoms with E-state index in [1.165, 1.54) is 25.3 Å². The largest absolute Gasteiger partial charge is 0.467 e. The number of hydrogen-bond acceptors (Lipinski definition) is 5. The SMILES string of the molecule is CC[C@H](O[C@@]1(C)CC[C@H](C)c2cc(-c3c(F)cccc3F)nnc21)C(=O)OC. The first-order valence-electron chi connectivity index (χ1n) is 9.38. The molecule has 0 aliphatic heterocycles. The molecular formula is C21H24F2N2O3. The van der Waals surface area contributed by atoms with Gasteiger partial charge in [0.15, 0.2) is 6.10 Å².